The summed E-state index contributed by atoms with van der Waals surface area (Å²) in [5.41, 5.74) is 10.7. The van der Waals surface area contributed by atoms with Gasteiger partial charge in [-0.05, 0) is 55.7 Å². The van der Waals surface area contributed by atoms with Crippen LogP contribution >= 0.6 is 0 Å². The maximum absolute atomic E-state index is 2.57. The summed E-state index contributed by atoms with van der Waals surface area (Å²) in [4.78, 5) is 2.57. The summed E-state index contributed by atoms with van der Waals surface area (Å²) in [7, 11) is 0. The molecule has 2 aliphatic rings. The Morgan fingerprint density at radius 3 is 1.38 bits per heavy atom. The zero-order valence-electron chi connectivity index (χ0n) is 18.6. The van der Waals surface area contributed by atoms with E-state index in [9.17, 15) is 0 Å². The predicted molar refractivity (Wildman–Crippen MR) is 146 cm³/mol. The summed E-state index contributed by atoms with van der Waals surface area (Å²) in [5, 5.41) is 5.24. The van der Waals surface area contributed by atoms with Crippen molar-refractivity contribution in [3.05, 3.63) is 121 Å². The largest absolute Gasteiger partial charge is 0.376 e. The van der Waals surface area contributed by atoms with Gasteiger partial charge in [-0.1, -0.05) is 109 Å². The summed E-state index contributed by atoms with van der Waals surface area (Å²) in [6, 6.07) is 44.7. The fourth-order valence-electron chi connectivity index (χ4n) is 6.28. The zero-order chi connectivity index (χ0) is 22.2. The number of hydrogen-bond acceptors (Lipinski definition) is 1. The van der Waals surface area contributed by atoms with Crippen LogP contribution in [0.15, 0.2) is 121 Å². The Hall–Kier alpha value is -4.30. The third kappa shape index (κ3) is 2.25. The molecule has 0 aliphatic carbocycles. The number of nitrogens with zero attached hydrogens (tertiary/aromatic N) is 1. The lowest BCUT2D eigenvalue weighted by molar-refractivity contribution is 1.36. The SMILES string of the molecule is c1ccc2c(c1)-c1c(ccc3ccccc13)B1c3ccc4ccccc4c3-c3ccccc3N12. The molecular weight excluding hydrogens is 409 g/mol. The van der Waals surface area contributed by atoms with Crippen LogP contribution in [0.3, 0.4) is 0 Å². The molecule has 2 heteroatoms. The van der Waals surface area contributed by atoms with E-state index in [1.165, 1.54) is 66.1 Å². The topological polar surface area (TPSA) is 3.24 Å². The third-order valence-corrected chi connectivity index (χ3v) is 7.64. The fraction of sp³-hybridized carbons (Fsp3) is 0. The van der Waals surface area contributed by atoms with E-state index in [1.54, 1.807) is 0 Å². The molecule has 156 valence electrons. The third-order valence-electron chi connectivity index (χ3n) is 7.64. The van der Waals surface area contributed by atoms with E-state index >= 15 is 0 Å². The number of anilines is 2. The van der Waals surface area contributed by atoms with Crippen molar-refractivity contribution in [1.82, 2.24) is 0 Å². The summed E-state index contributed by atoms with van der Waals surface area (Å²) in [6.45, 7) is 0.129. The quantitative estimate of drug-likeness (QED) is 0.238. The van der Waals surface area contributed by atoms with Gasteiger partial charge in [0.2, 0.25) is 0 Å². The molecule has 0 aromatic heterocycles. The van der Waals surface area contributed by atoms with Gasteiger partial charge < -0.3 is 4.81 Å². The molecule has 0 amide bonds. The van der Waals surface area contributed by atoms with Crippen LogP contribution in [0.2, 0.25) is 0 Å². The number of fused-ring (bicyclic) bond motifs is 15. The summed E-state index contributed by atoms with van der Waals surface area (Å²) < 4.78 is 0. The second kappa shape index (κ2) is 6.62. The maximum Gasteiger partial charge on any atom is 0.329 e. The minimum atomic E-state index is 0.129. The molecule has 0 bridgehead atoms. The highest BCUT2D eigenvalue weighted by atomic mass is 15.1. The van der Waals surface area contributed by atoms with E-state index in [2.05, 4.69) is 126 Å². The number of hydrogen-bond donors (Lipinski definition) is 0. The average molecular weight is 429 g/mol. The lowest BCUT2D eigenvalue weighted by Crippen LogP contribution is -2.59. The van der Waals surface area contributed by atoms with E-state index < -0.39 is 0 Å². The van der Waals surface area contributed by atoms with Crippen molar-refractivity contribution in [1.29, 1.82) is 0 Å². The van der Waals surface area contributed by atoms with Crippen LogP contribution < -0.4 is 15.7 Å². The molecule has 0 radical (unpaired) electrons. The Kier molecular flexibility index (Phi) is 3.54. The molecule has 0 N–H and O–H groups in total. The minimum absolute atomic E-state index is 0.129. The Labute approximate surface area is 199 Å². The van der Waals surface area contributed by atoms with Crippen molar-refractivity contribution in [2.45, 2.75) is 0 Å². The molecule has 6 aromatic rings. The molecule has 0 spiro atoms. The first kappa shape index (κ1) is 18.2. The van der Waals surface area contributed by atoms with Crippen LogP contribution in [0.25, 0.3) is 43.8 Å². The van der Waals surface area contributed by atoms with Gasteiger partial charge in [0.1, 0.15) is 0 Å². The van der Waals surface area contributed by atoms with Crippen molar-refractivity contribution in [3.63, 3.8) is 0 Å². The van der Waals surface area contributed by atoms with Gasteiger partial charge in [-0.25, -0.2) is 0 Å². The van der Waals surface area contributed by atoms with Crippen LogP contribution in [0.1, 0.15) is 0 Å². The molecule has 6 aromatic carbocycles. The van der Waals surface area contributed by atoms with Gasteiger partial charge in [-0.3, -0.25) is 0 Å². The lowest BCUT2D eigenvalue weighted by Gasteiger charge is -2.44. The van der Waals surface area contributed by atoms with Crippen LogP contribution in [0, 0.1) is 0 Å². The first-order valence-corrected chi connectivity index (χ1v) is 11.9. The van der Waals surface area contributed by atoms with Crippen molar-refractivity contribution in [3.8, 4) is 22.3 Å². The lowest BCUT2D eigenvalue weighted by atomic mass is 9.42. The van der Waals surface area contributed by atoms with E-state index in [1.807, 2.05) is 0 Å². The van der Waals surface area contributed by atoms with Crippen LogP contribution in [0.4, 0.5) is 11.4 Å². The van der Waals surface area contributed by atoms with Crippen LogP contribution in [-0.2, 0) is 0 Å². The number of para-hydroxylation sites is 2. The van der Waals surface area contributed by atoms with Gasteiger partial charge in [0, 0.05) is 22.5 Å². The van der Waals surface area contributed by atoms with Crippen molar-refractivity contribution in [2.75, 3.05) is 4.81 Å². The Morgan fingerprint density at radius 1 is 0.412 bits per heavy atom. The predicted octanol–water partition coefficient (Wildman–Crippen LogP) is 6.90. The van der Waals surface area contributed by atoms with Gasteiger partial charge in [-0.15, -0.1) is 0 Å². The highest BCUT2D eigenvalue weighted by Gasteiger charge is 2.42. The van der Waals surface area contributed by atoms with E-state index in [0.29, 0.717) is 0 Å². The molecule has 2 heterocycles. The Balaban J connectivity index is 1.57. The Morgan fingerprint density at radius 2 is 0.853 bits per heavy atom. The van der Waals surface area contributed by atoms with Crippen molar-refractivity contribution in [2.24, 2.45) is 0 Å². The monoisotopic (exact) mass is 429 g/mol. The molecule has 1 nitrogen and oxygen atoms in total. The molecule has 0 fully saturated rings. The molecular formula is C32H20BN. The van der Waals surface area contributed by atoms with Gasteiger partial charge >= 0.3 is 6.85 Å². The molecule has 0 saturated heterocycles. The Bertz CT molecular complexity index is 1650. The molecule has 34 heavy (non-hydrogen) atoms. The van der Waals surface area contributed by atoms with E-state index in [-0.39, 0.29) is 6.85 Å². The first-order valence-electron chi connectivity index (χ1n) is 11.9. The van der Waals surface area contributed by atoms with Crippen LogP contribution in [0.5, 0.6) is 0 Å². The molecule has 8 rings (SSSR count). The number of benzene rings is 6. The maximum atomic E-state index is 2.57. The van der Waals surface area contributed by atoms with Gasteiger partial charge in [-0.2, -0.15) is 0 Å². The minimum Gasteiger partial charge on any atom is -0.376 e. The normalized spacial score (nSPS) is 13.2. The second-order valence-electron chi connectivity index (χ2n) is 9.31. The zero-order valence-corrected chi connectivity index (χ0v) is 18.6. The van der Waals surface area contributed by atoms with E-state index in [0.717, 1.165) is 0 Å². The smallest absolute Gasteiger partial charge is 0.329 e. The molecule has 0 saturated carbocycles. The summed E-state index contributed by atoms with van der Waals surface area (Å²) in [5.74, 6) is 0. The van der Waals surface area contributed by atoms with Gasteiger partial charge in [0.05, 0.1) is 0 Å². The standard InChI is InChI=1S/C32H20BN/c1-3-11-23-21(9-1)17-19-27-31(23)25-13-5-7-15-29(25)34-30-16-8-6-14-26(30)32-24-12-4-2-10-22(24)18-20-28(32)33(27)34/h1-20H. The molecule has 0 atom stereocenters. The highest BCUT2D eigenvalue weighted by molar-refractivity contribution is 6.93. The van der Waals surface area contributed by atoms with Gasteiger partial charge in [0.15, 0.2) is 0 Å². The summed E-state index contributed by atoms with van der Waals surface area (Å²) in [6.07, 6.45) is 0. The van der Waals surface area contributed by atoms with Gasteiger partial charge in [0.25, 0.3) is 0 Å². The summed E-state index contributed by atoms with van der Waals surface area (Å²) >= 11 is 0. The van der Waals surface area contributed by atoms with Crippen molar-refractivity contribution < 1.29 is 0 Å². The molecule has 2 aliphatic heterocycles. The first-order chi connectivity index (χ1) is 16.9. The average Bonchev–Trinajstić information content (AvgIpc) is 2.92. The van der Waals surface area contributed by atoms with Crippen molar-refractivity contribution >= 4 is 50.7 Å². The fourth-order valence-corrected chi connectivity index (χ4v) is 6.28. The second-order valence-corrected chi connectivity index (χ2v) is 9.31. The van der Waals surface area contributed by atoms with Crippen LogP contribution in [-0.4, -0.2) is 6.85 Å². The van der Waals surface area contributed by atoms with E-state index in [4.69, 9.17) is 0 Å². The highest BCUT2D eigenvalue weighted by Crippen LogP contribution is 2.48. The molecule has 0 unspecified atom stereocenters. The number of rotatable bonds is 0.